The number of hydrogen-bond acceptors (Lipinski definition) is 2. The lowest BCUT2D eigenvalue weighted by Gasteiger charge is -2.20. The maximum atomic E-state index is 12.3. The number of halogens is 4. The van der Waals surface area contributed by atoms with Crippen LogP contribution in [0.25, 0.3) is 10.9 Å². The van der Waals surface area contributed by atoms with Crippen LogP contribution in [0.15, 0.2) is 29.4 Å². The van der Waals surface area contributed by atoms with Gasteiger partial charge in [0.05, 0.1) is 6.54 Å². The molecule has 0 aliphatic rings. The van der Waals surface area contributed by atoms with Crippen LogP contribution >= 0.6 is 24.0 Å². The predicted molar refractivity (Wildman–Crippen MR) is 115 cm³/mol. The van der Waals surface area contributed by atoms with Gasteiger partial charge in [-0.1, -0.05) is 12.1 Å². The van der Waals surface area contributed by atoms with Crippen LogP contribution in [-0.2, 0) is 11.2 Å². The minimum atomic E-state index is -4.41. The standard InChI is InChI=1S/C18H24F3N5O.HI/c1-12-5-4-6-14-16(12)13(9-24-14)7-8-23-17(22-2)25-10-15(27)26(3)11-18(19,20)21;/h4-6,9,24H,7-8,10-11H2,1-3H3,(H2,22,23,25);1H. The van der Waals surface area contributed by atoms with Crippen molar-refractivity contribution in [3.63, 3.8) is 0 Å². The van der Waals surface area contributed by atoms with E-state index in [0.29, 0.717) is 17.4 Å². The van der Waals surface area contributed by atoms with Crippen molar-refractivity contribution in [2.45, 2.75) is 19.5 Å². The first-order chi connectivity index (χ1) is 12.7. The molecule has 0 saturated heterocycles. The highest BCUT2D eigenvalue weighted by molar-refractivity contribution is 14.0. The first kappa shape index (κ1) is 24.1. The fourth-order valence-electron chi connectivity index (χ4n) is 2.84. The van der Waals surface area contributed by atoms with Gasteiger partial charge in [-0.15, -0.1) is 24.0 Å². The lowest BCUT2D eigenvalue weighted by Crippen LogP contribution is -2.45. The molecule has 0 bridgehead atoms. The highest BCUT2D eigenvalue weighted by Crippen LogP contribution is 2.22. The van der Waals surface area contributed by atoms with Crippen molar-refractivity contribution in [3.05, 3.63) is 35.5 Å². The molecule has 156 valence electrons. The summed E-state index contributed by atoms with van der Waals surface area (Å²) in [7, 11) is 2.65. The number of aryl methyl sites for hydroxylation is 1. The predicted octanol–water partition coefficient (Wildman–Crippen LogP) is 2.82. The quantitative estimate of drug-likeness (QED) is 0.318. The number of H-pyrrole nitrogens is 1. The van der Waals surface area contributed by atoms with Gasteiger partial charge in [0.2, 0.25) is 5.91 Å². The number of benzene rings is 1. The molecule has 1 amide bonds. The van der Waals surface area contributed by atoms with E-state index in [-0.39, 0.29) is 30.5 Å². The van der Waals surface area contributed by atoms with Crippen LogP contribution in [0, 0.1) is 6.92 Å². The first-order valence-corrected chi connectivity index (χ1v) is 8.52. The second-order valence-electron chi connectivity index (χ2n) is 6.28. The molecule has 28 heavy (non-hydrogen) atoms. The number of carbonyl (C=O) groups excluding carboxylic acids is 1. The summed E-state index contributed by atoms with van der Waals surface area (Å²) in [6.45, 7) is 1.07. The SMILES string of the molecule is CN=C(NCCc1c[nH]c2cccc(C)c12)NCC(=O)N(C)CC(F)(F)F.I. The number of aliphatic imine (C=N–C) groups is 1. The second kappa shape index (κ2) is 10.5. The monoisotopic (exact) mass is 511 g/mol. The number of aromatic amines is 1. The van der Waals surface area contributed by atoms with Crippen LogP contribution in [0.2, 0.25) is 0 Å². The average molecular weight is 511 g/mol. The van der Waals surface area contributed by atoms with Crippen molar-refractivity contribution in [1.29, 1.82) is 0 Å². The second-order valence-corrected chi connectivity index (χ2v) is 6.28. The number of alkyl halides is 3. The number of nitrogens with zero attached hydrogens (tertiary/aromatic N) is 2. The van der Waals surface area contributed by atoms with E-state index in [4.69, 9.17) is 0 Å². The van der Waals surface area contributed by atoms with Crippen LogP contribution in [0.3, 0.4) is 0 Å². The fourth-order valence-corrected chi connectivity index (χ4v) is 2.84. The molecule has 3 N–H and O–H groups in total. The number of carbonyl (C=O) groups is 1. The molecule has 0 fully saturated rings. The summed E-state index contributed by atoms with van der Waals surface area (Å²) in [5.41, 5.74) is 3.42. The molecule has 0 aliphatic heterocycles. The molecule has 10 heteroatoms. The molecule has 0 unspecified atom stereocenters. The number of amides is 1. The Morgan fingerprint density at radius 2 is 2.00 bits per heavy atom. The summed E-state index contributed by atoms with van der Waals surface area (Å²) in [4.78, 5) is 19.6. The first-order valence-electron chi connectivity index (χ1n) is 8.52. The number of nitrogens with one attached hydrogen (secondary N) is 3. The molecule has 1 heterocycles. The third-order valence-electron chi connectivity index (χ3n) is 4.16. The van der Waals surface area contributed by atoms with Gasteiger partial charge in [-0.05, 0) is 30.5 Å². The zero-order chi connectivity index (χ0) is 20.0. The Morgan fingerprint density at radius 3 is 2.64 bits per heavy atom. The number of fused-ring (bicyclic) bond motifs is 1. The largest absolute Gasteiger partial charge is 0.406 e. The maximum absolute atomic E-state index is 12.3. The van der Waals surface area contributed by atoms with Gasteiger partial charge in [0.25, 0.3) is 0 Å². The Balaban J connectivity index is 0.00000392. The summed E-state index contributed by atoms with van der Waals surface area (Å²) >= 11 is 0. The summed E-state index contributed by atoms with van der Waals surface area (Å²) in [5, 5.41) is 6.99. The van der Waals surface area contributed by atoms with Gasteiger partial charge in [-0.25, -0.2) is 0 Å². The average Bonchev–Trinajstić information content (AvgIpc) is 3.00. The van der Waals surface area contributed by atoms with Gasteiger partial charge in [0, 0.05) is 37.7 Å². The normalized spacial score (nSPS) is 11.9. The lowest BCUT2D eigenvalue weighted by molar-refractivity contribution is -0.157. The van der Waals surface area contributed by atoms with E-state index in [1.54, 1.807) is 0 Å². The van der Waals surface area contributed by atoms with E-state index in [9.17, 15) is 18.0 Å². The number of rotatable bonds is 6. The fraction of sp³-hybridized carbons (Fsp3) is 0.444. The van der Waals surface area contributed by atoms with E-state index in [0.717, 1.165) is 24.5 Å². The molecule has 1 aromatic heterocycles. The van der Waals surface area contributed by atoms with Crippen LogP contribution < -0.4 is 10.6 Å². The van der Waals surface area contributed by atoms with Gasteiger partial charge < -0.3 is 20.5 Å². The van der Waals surface area contributed by atoms with Crippen molar-refractivity contribution in [2.75, 3.05) is 33.7 Å². The molecule has 0 aliphatic carbocycles. The number of likely N-dealkylation sites (N-methyl/N-ethyl adjacent to an activating group) is 1. The van der Waals surface area contributed by atoms with Crippen LogP contribution in [0.5, 0.6) is 0 Å². The van der Waals surface area contributed by atoms with E-state index in [1.807, 2.05) is 18.3 Å². The third-order valence-corrected chi connectivity index (χ3v) is 4.16. The Bertz CT molecular complexity index is 819. The van der Waals surface area contributed by atoms with Gasteiger partial charge >= 0.3 is 6.18 Å². The van der Waals surface area contributed by atoms with Crippen molar-refractivity contribution in [3.8, 4) is 0 Å². The molecule has 0 spiro atoms. The van der Waals surface area contributed by atoms with Crippen LogP contribution in [0.4, 0.5) is 13.2 Å². The van der Waals surface area contributed by atoms with Crippen molar-refractivity contribution >= 4 is 46.7 Å². The topological polar surface area (TPSA) is 72.5 Å². The summed E-state index contributed by atoms with van der Waals surface area (Å²) in [5.74, 6) is -0.303. The third kappa shape index (κ3) is 6.88. The highest BCUT2D eigenvalue weighted by atomic mass is 127. The van der Waals surface area contributed by atoms with E-state index in [1.165, 1.54) is 18.0 Å². The molecular weight excluding hydrogens is 486 g/mol. The molecule has 0 radical (unpaired) electrons. The van der Waals surface area contributed by atoms with Crippen LogP contribution in [-0.4, -0.2) is 61.7 Å². The Kier molecular flexibility index (Phi) is 9.05. The Hall–Kier alpha value is -1.98. The Morgan fingerprint density at radius 1 is 1.29 bits per heavy atom. The summed E-state index contributed by atoms with van der Waals surface area (Å²) < 4.78 is 37.0. The molecule has 2 aromatic rings. The summed E-state index contributed by atoms with van der Waals surface area (Å²) in [6, 6.07) is 6.06. The molecular formula is C18H25F3IN5O. The zero-order valence-corrected chi connectivity index (χ0v) is 18.3. The highest BCUT2D eigenvalue weighted by Gasteiger charge is 2.31. The minimum absolute atomic E-state index is 0. The van der Waals surface area contributed by atoms with Gasteiger partial charge in [0.15, 0.2) is 5.96 Å². The Labute approximate surface area is 179 Å². The van der Waals surface area contributed by atoms with Crippen molar-refractivity contribution in [2.24, 2.45) is 4.99 Å². The van der Waals surface area contributed by atoms with Crippen molar-refractivity contribution < 1.29 is 18.0 Å². The van der Waals surface area contributed by atoms with Crippen molar-refractivity contribution in [1.82, 2.24) is 20.5 Å². The molecule has 0 saturated carbocycles. The van der Waals surface area contributed by atoms with E-state index in [2.05, 4.69) is 33.6 Å². The molecule has 0 atom stereocenters. The molecule has 6 nitrogen and oxygen atoms in total. The number of aromatic nitrogens is 1. The van der Waals surface area contributed by atoms with E-state index < -0.39 is 18.6 Å². The summed E-state index contributed by atoms with van der Waals surface area (Å²) in [6.07, 6.45) is -1.72. The van der Waals surface area contributed by atoms with Crippen LogP contribution in [0.1, 0.15) is 11.1 Å². The van der Waals surface area contributed by atoms with Gasteiger partial charge in [-0.2, -0.15) is 13.2 Å². The smallest absolute Gasteiger partial charge is 0.361 e. The van der Waals surface area contributed by atoms with E-state index >= 15 is 0 Å². The molecule has 1 aromatic carbocycles. The van der Waals surface area contributed by atoms with Gasteiger partial charge in [0.1, 0.15) is 6.54 Å². The number of hydrogen-bond donors (Lipinski definition) is 3. The number of guanidine groups is 1. The molecule has 2 rings (SSSR count). The maximum Gasteiger partial charge on any atom is 0.406 e. The zero-order valence-electron chi connectivity index (χ0n) is 16.0. The van der Waals surface area contributed by atoms with Gasteiger partial charge in [-0.3, -0.25) is 9.79 Å². The lowest BCUT2D eigenvalue weighted by atomic mass is 10.1. The minimum Gasteiger partial charge on any atom is -0.361 e.